The van der Waals surface area contributed by atoms with Crippen LogP contribution in [-0.2, 0) is 6.54 Å². The molecule has 5 N–H and O–H groups in total. The van der Waals surface area contributed by atoms with E-state index in [2.05, 4.69) is 9.98 Å². The maximum atomic E-state index is 12.7. The van der Waals surface area contributed by atoms with E-state index in [0.29, 0.717) is 30.2 Å². The standard InChI is InChI=1S/C23H29N7O/c1-29(2)12-13-30(3,31)16-17-7-9-18(10-8-17)19-14-27-23(28-15-19)21(22(24)25)20-6-4-5-11-26-20/h4-11,14-15,27H,12-13,16H2,1-3H3,(H3,24,25)/p+1/b23-21+. The van der Waals surface area contributed by atoms with E-state index in [-0.39, 0.29) is 10.5 Å². The van der Waals surface area contributed by atoms with Gasteiger partial charge in [-0.2, -0.15) is 0 Å². The second-order valence-electron chi connectivity index (χ2n) is 8.11. The minimum Gasteiger partial charge on any atom is -0.633 e. The molecule has 31 heavy (non-hydrogen) atoms. The Hall–Kier alpha value is -3.17. The number of pyridine rings is 1. The van der Waals surface area contributed by atoms with Crippen LogP contribution in [0.4, 0.5) is 0 Å². The molecule has 8 heteroatoms. The monoisotopic (exact) mass is 420 g/mol. The van der Waals surface area contributed by atoms with Crippen molar-refractivity contribution in [2.45, 2.75) is 6.54 Å². The number of aromatic nitrogens is 1. The molecule has 0 saturated heterocycles. The fraction of sp³-hybridized carbons (Fsp3) is 0.261. The van der Waals surface area contributed by atoms with E-state index in [4.69, 9.17) is 11.1 Å². The average Bonchev–Trinajstić information content (AvgIpc) is 2.74. The summed E-state index contributed by atoms with van der Waals surface area (Å²) in [4.78, 5) is 10.8. The maximum Gasteiger partial charge on any atom is 0.242 e. The number of nitrogens with one attached hydrogen (secondary N) is 1. The Kier molecular flexibility index (Phi) is 7.09. The number of hydroxylamine groups is 3. The summed E-state index contributed by atoms with van der Waals surface area (Å²) in [6.45, 7) is 1.74. The first-order valence-electron chi connectivity index (χ1n) is 10.1. The largest absolute Gasteiger partial charge is 0.633 e. The van der Waals surface area contributed by atoms with Crippen molar-refractivity contribution in [2.24, 2.45) is 10.7 Å². The Balaban J connectivity index is 1.72. The van der Waals surface area contributed by atoms with Gasteiger partial charge in [-0.15, -0.1) is 0 Å². The highest BCUT2D eigenvalue weighted by Crippen LogP contribution is 2.19. The molecule has 0 fully saturated rings. The van der Waals surface area contributed by atoms with Crippen LogP contribution < -0.4 is 11.1 Å². The number of hydrogen-bond acceptors (Lipinski definition) is 5. The lowest BCUT2D eigenvalue weighted by atomic mass is 10.0. The lowest BCUT2D eigenvalue weighted by Gasteiger charge is -2.39. The van der Waals surface area contributed by atoms with Crippen LogP contribution in [0.3, 0.4) is 0 Å². The summed E-state index contributed by atoms with van der Waals surface area (Å²) < 4.78 is -0.301. The van der Waals surface area contributed by atoms with E-state index in [1.807, 2.05) is 73.0 Å². The van der Waals surface area contributed by atoms with Crippen molar-refractivity contribution in [1.82, 2.24) is 9.88 Å². The van der Waals surface area contributed by atoms with Crippen LogP contribution in [0.2, 0.25) is 0 Å². The summed E-state index contributed by atoms with van der Waals surface area (Å²) in [6.07, 6.45) is 5.38. The third-order valence-electron chi connectivity index (χ3n) is 5.03. The summed E-state index contributed by atoms with van der Waals surface area (Å²) in [6, 6.07) is 13.5. The third kappa shape index (κ3) is 6.16. The van der Waals surface area contributed by atoms with Gasteiger partial charge in [-0.1, -0.05) is 30.3 Å². The fourth-order valence-electron chi connectivity index (χ4n) is 3.31. The topological polar surface area (TPSA) is 118 Å². The molecule has 1 atom stereocenters. The quantitative estimate of drug-likeness (QED) is 0.259. The average molecular weight is 421 g/mol. The first-order valence-corrected chi connectivity index (χ1v) is 10.1. The van der Waals surface area contributed by atoms with Gasteiger partial charge in [0, 0.05) is 24.5 Å². The number of quaternary nitrogens is 2. The van der Waals surface area contributed by atoms with E-state index in [1.54, 1.807) is 19.5 Å². The van der Waals surface area contributed by atoms with Gasteiger partial charge in [-0.3, -0.25) is 15.7 Å². The van der Waals surface area contributed by atoms with E-state index in [9.17, 15) is 5.21 Å². The van der Waals surface area contributed by atoms with Crippen molar-refractivity contribution in [2.75, 3.05) is 34.2 Å². The van der Waals surface area contributed by atoms with Crippen LogP contribution in [0.1, 0.15) is 16.8 Å². The predicted molar refractivity (Wildman–Crippen MR) is 125 cm³/mol. The van der Waals surface area contributed by atoms with Crippen molar-refractivity contribution < 1.29 is 9.96 Å². The first-order chi connectivity index (χ1) is 14.7. The molecule has 162 valence electrons. The number of nitrogens with zero attached hydrogens (tertiary/aromatic N) is 4. The molecule has 1 aliphatic rings. The molecule has 0 amide bonds. The number of rotatable bonds is 8. The number of benzene rings is 1. The second kappa shape index (κ2) is 9.76. The molecule has 1 aliphatic heterocycles. The van der Waals surface area contributed by atoms with Gasteiger partial charge < -0.3 is 20.5 Å². The lowest BCUT2D eigenvalue weighted by molar-refractivity contribution is -0.873. The lowest BCUT2D eigenvalue weighted by Crippen LogP contribution is -2.77. The summed E-state index contributed by atoms with van der Waals surface area (Å²) in [7, 11) is 5.66. The van der Waals surface area contributed by atoms with Gasteiger partial charge >= 0.3 is 0 Å². The highest BCUT2D eigenvalue weighted by Gasteiger charge is 2.19. The van der Waals surface area contributed by atoms with Crippen LogP contribution in [-0.4, -0.2) is 60.8 Å². The molecule has 1 unspecified atom stereocenters. The molecular weight excluding hydrogens is 390 g/mol. The number of likely N-dealkylation sites (N-methyl/N-ethyl adjacent to an activating group) is 2. The van der Waals surface area contributed by atoms with E-state index >= 15 is 0 Å². The molecule has 8 nitrogen and oxygen atoms in total. The zero-order valence-electron chi connectivity index (χ0n) is 18.2. The van der Waals surface area contributed by atoms with Crippen molar-refractivity contribution in [3.05, 3.63) is 82.7 Å². The van der Waals surface area contributed by atoms with Crippen LogP contribution in [0, 0.1) is 10.6 Å². The van der Waals surface area contributed by atoms with Crippen LogP contribution in [0.25, 0.3) is 11.1 Å². The van der Waals surface area contributed by atoms with Gasteiger partial charge in [0.05, 0.1) is 24.9 Å². The number of amidine groups is 1. The Morgan fingerprint density at radius 3 is 2.48 bits per heavy atom. The van der Waals surface area contributed by atoms with E-state index in [0.717, 1.165) is 23.2 Å². The van der Waals surface area contributed by atoms with Gasteiger partial charge in [-0.05, 0) is 31.8 Å². The SMILES string of the molecule is CN(C)CC[N+](C)([O-])Cc1ccc(C2=C[NH2+]/C(=C(\C(=N)N)c3ccccn3)N=C2)cc1. The van der Waals surface area contributed by atoms with Gasteiger partial charge in [0.1, 0.15) is 24.2 Å². The molecule has 3 rings (SSSR count). The summed E-state index contributed by atoms with van der Waals surface area (Å²) >= 11 is 0. The summed E-state index contributed by atoms with van der Waals surface area (Å²) in [5, 5.41) is 22.4. The zero-order valence-corrected chi connectivity index (χ0v) is 18.2. The van der Waals surface area contributed by atoms with Crippen LogP contribution >= 0.6 is 0 Å². The van der Waals surface area contributed by atoms with Gasteiger partial charge in [0.2, 0.25) is 5.82 Å². The molecule has 0 saturated carbocycles. The Morgan fingerprint density at radius 2 is 1.94 bits per heavy atom. The fourth-order valence-corrected chi connectivity index (χ4v) is 3.31. The molecule has 1 aromatic carbocycles. The Morgan fingerprint density at radius 1 is 1.19 bits per heavy atom. The smallest absolute Gasteiger partial charge is 0.242 e. The summed E-state index contributed by atoms with van der Waals surface area (Å²) in [5.74, 6) is 0.531. The molecule has 0 spiro atoms. The number of hydrogen-bond donors (Lipinski definition) is 3. The molecule has 2 heterocycles. The number of nitrogens with two attached hydrogens (primary N) is 2. The maximum absolute atomic E-state index is 12.7. The Bertz CT molecular complexity index is 1010. The number of aliphatic imine (C=N–C) groups is 1. The molecule has 1 aromatic heterocycles. The van der Waals surface area contributed by atoms with Crippen molar-refractivity contribution >= 4 is 23.2 Å². The van der Waals surface area contributed by atoms with Crippen molar-refractivity contribution in [3.63, 3.8) is 0 Å². The highest BCUT2D eigenvalue weighted by atomic mass is 16.5. The molecular formula is C23H30N7O+. The number of allylic oxidation sites excluding steroid dienone is 1. The third-order valence-corrected chi connectivity index (χ3v) is 5.03. The molecule has 2 aromatic rings. The molecule has 0 radical (unpaired) electrons. The Labute approximate surface area is 183 Å². The normalized spacial score (nSPS) is 17.3. The minimum atomic E-state index is -0.301. The van der Waals surface area contributed by atoms with Gasteiger partial charge in [0.25, 0.3) is 0 Å². The van der Waals surface area contributed by atoms with Crippen LogP contribution in [0.15, 0.2) is 65.7 Å². The summed E-state index contributed by atoms with van der Waals surface area (Å²) in [5.41, 5.74) is 9.89. The predicted octanol–water partition coefficient (Wildman–Crippen LogP) is 1.38. The van der Waals surface area contributed by atoms with E-state index in [1.165, 1.54) is 0 Å². The van der Waals surface area contributed by atoms with Crippen molar-refractivity contribution in [1.29, 1.82) is 5.41 Å². The highest BCUT2D eigenvalue weighted by molar-refractivity contribution is 6.21. The second-order valence-corrected chi connectivity index (χ2v) is 8.11. The zero-order chi connectivity index (χ0) is 22.4. The van der Waals surface area contributed by atoms with Crippen molar-refractivity contribution in [3.8, 4) is 0 Å². The van der Waals surface area contributed by atoms with Gasteiger partial charge in [-0.25, -0.2) is 4.99 Å². The molecule has 0 aliphatic carbocycles. The minimum absolute atomic E-state index is 0.0728. The molecule has 0 bridgehead atoms. The van der Waals surface area contributed by atoms with Crippen LogP contribution in [0.5, 0.6) is 0 Å². The first kappa shape index (κ1) is 22.5. The van der Waals surface area contributed by atoms with E-state index < -0.39 is 0 Å². The van der Waals surface area contributed by atoms with Gasteiger partial charge in [0.15, 0.2) is 0 Å².